The Morgan fingerprint density at radius 2 is 1.01 bits per heavy atom. The van der Waals surface area contributed by atoms with E-state index in [0.717, 1.165) is 38.6 Å². The standard InChI is InChI=1S/C96H120FN13O19S/c1-11-12-30-79-95(128)106(6)53-69(113)48-64(50-87(119)120)83(115)51-71(58(4)5)92(125)109(9)80(47-63-26-21-27-66(97)42-63)91(124)104-76(45-62-33-37-68(112)38-34-62)93(126)107(7)54-85(117)100-75(49-65-52-99-72-29-20-19-28-70(65)72)90(123)103-74(43-61-31-35-67(111)36-32-61)89(122)102-73(41-57(2)3)88(121)105-78(82(114)39-40-84(98)116)55-130-56-86(118)101-77(44-59-22-15-13-16-23-59)94(127)110(10)81(96(129)108(79)8)46-60-24-17-14-18-25-60/h13-29,31-38,42,52,57-58,64,71,73-81,99,111-112H,11-12,30,39-41,43-51,53-56H2,1-10H3,(H2,98,116)(H,100,117)(H,101,118)(H,102,122)(H,103,123)(H,104,124)(H,105,121)(H,119,120)/t64-,71-,73-,74-,75-,76-,77-,78-,79-,80-,81-/m0/s1. The zero-order chi connectivity index (χ0) is 95.2. The van der Waals surface area contributed by atoms with E-state index in [9.17, 15) is 53.7 Å². The molecule has 0 unspecified atom stereocenters. The van der Waals surface area contributed by atoms with Crippen LogP contribution < -0.4 is 37.6 Å². The number of hydrogen-bond acceptors (Lipinski definition) is 19. The lowest BCUT2D eigenvalue weighted by Gasteiger charge is -2.37. The summed E-state index contributed by atoms with van der Waals surface area (Å²) >= 11 is 0.867. The van der Waals surface area contributed by atoms with Crippen molar-refractivity contribution in [2.75, 3.05) is 59.8 Å². The molecule has 2 heterocycles. The number of hydrogen-bond donors (Lipinski definition) is 11. The minimum atomic E-state index is -1.63. The van der Waals surface area contributed by atoms with Gasteiger partial charge in [0.25, 0.3) is 0 Å². The van der Waals surface area contributed by atoms with Crippen LogP contribution in [0, 0.1) is 29.5 Å². The molecule has 0 saturated carbocycles. The lowest BCUT2D eigenvalue weighted by molar-refractivity contribution is -0.151. The number of carboxylic acid groups (broad SMARTS) is 1. The summed E-state index contributed by atoms with van der Waals surface area (Å²) in [5.74, 6) is -19.9. The number of nitrogens with one attached hydrogen (secondary N) is 7. The molecule has 32 nitrogen and oxygen atoms in total. The number of amides is 12. The Morgan fingerprint density at radius 1 is 0.500 bits per heavy atom. The normalized spacial score (nSPS) is 22.0. The maximum absolute atomic E-state index is 15.5. The molecule has 1 fully saturated rings. The zero-order valence-corrected chi connectivity index (χ0v) is 75.8. The molecular formula is C96H120FN13O19S. The average Bonchev–Trinajstić information content (AvgIpc) is 1.49. The number of aliphatic carboxylic acids is 1. The second-order valence-electron chi connectivity index (χ2n) is 34.1. The van der Waals surface area contributed by atoms with E-state index in [1.165, 1.54) is 106 Å². The van der Waals surface area contributed by atoms with Gasteiger partial charge in [-0.1, -0.05) is 163 Å². The first-order valence-corrected chi connectivity index (χ1v) is 44.6. The number of Topliss-reactive ketones (excluding diaryl/α,β-unsaturated/α-hetero) is 3. The first kappa shape index (κ1) is 102. The number of benzene rings is 6. The summed E-state index contributed by atoms with van der Waals surface area (Å²) in [4.78, 5) is 244. The molecule has 7 aromatic rings. The molecule has 1 aromatic heterocycles. The number of likely N-dealkylation sites (N-methyl/N-ethyl adjacent to an activating group) is 5. The van der Waals surface area contributed by atoms with Crippen LogP contribution in [0.2, 0.25) is 0 Å². The summed E-state index contributed by atoms with van der Waals surface area (Å²) in [6.45, 7) is 7.05. The number of unbranched alkanes of at least 4 members (excludes halogenated alkanes) is 1. The summed E-state index contributed by atoms with van der Waals surface area (Å²) in [6, 6.07) is 27.3. The van der Waals surface area contributed by atoms with Crippen LogP contribution in [-0.2, 0) is 115 Å². The summed E-state index contributed by atoms with van der Waals surface area (Å²) in [5.41, 5.74) is 8.82. The Hall–Kier alpha value is -13.1. The Balaban J connectivity index is 1.22. The van der Waals surface area contributed by atoms with E-state index in [1.54, 1.807) is 119 Å². The first-order valence-electron chi connectivity index (χ1n) is 43.5. The fraction of sp³-hybridized carbons (Fsp3) is 0.438. The number of para-hydroxylation sites is 1. The van der Waals surface area contributed by atoms with Gasteiger partial charge < -0.3 is 82.4 Å². The number of halogens is 1. The van der Waals surface area contributed by atoms with E-state index in [1.807, 2.05) is 6.92 Å². The van der Waals surface area contributed by atoms with Crippen molar-refractivity contribution in [3.8, 4) is 11.5 Å². The number of H-pyrrole nitrogens is 1. The summed E-state index contributed by atoms with van der Waals surface area (Å²) < 4.78 is 15.2. The van der Waals surface area contributed by atoms with Crippen LogP contribution >= 0.6 is 11.8 Å². The van der Waals surface area contributed by atoms with Gasteiger partial charge in [0.05, 0.1) is 31.3 Å². The van der Waals surface area contributed by atoms with Crippen molar-refractivity contribution in [2.45, 2.75) is 185 Å². The molecule has 11 atom stereocenters. The SMILES string of the molecule is CCCC[C@H]1C(=O)N(C)CC(=O)C[C@@H](CC(=O)O)C(=O)C[C@@H](C(C)C)C(=O)N(C)[C@@H](Cc2cccc(F)c2)C(=O)N[C@@H](Cc2ccc(O)cc2)C(=O)N(C)CC(=O)N[C@@H](Cc2c[nH]c3ccccc23)C(=O)N[C@@H](Cc2ccc(O)cc2)C(=O)N[C@@H](CC(C)C)C(=O)N[C@H](C(=O)CCC(N)=O)CSCC(=O)N[C@@H](Cc2ccccc2)C(=O)N(C)[C@@H](Cc2ccccc2)C(=O)N1C. The number of aromatic hydroxyl groups is 2. The maximum atomic E-state index is 15.5. The highest BCUT2D eigenvalue weighted by Gasteiger charge is 2.43. The fourth-order valence-corrected chi connectivity index (χ4v) is 16.6. The van der Waals surface area contributed by atoms with Gasteiger partial charge in [0.2, 0.25) is 70.9 Å². The number of rotatable bonds is 24. The fourth-order valence-electron chi connectivity index (χ4n) is 15.7. The van der Waals surface area contributed by atoms with Crippen LogP contribution in [0.25, 0.3) is 10.9 Å². The van der Waals surface area contributed by atoms with Crippen LogP contribution in [-0.4, -0.2) is 253 Å². The third-order valence-corrected chi connectivity index (χ3v) is 24.1. The van der Waals surface area contributed by atoms with E-state index in [2.05, 4.69) is 36.9 Å². The van der Waals surface area contributed by atoms with Gasteiger partial charge in [-0.25, -0.2) is 4.39 Å². The number of phenols is 2. The van der Waals surface area contributed by atoms with E-state index >= 15 is 42.7 Å². The summed E-state index contributed by atoms with van der Waals surface area (Å²) in [5, 5.41) is 48.3. The topological polar surface area (TPSA) is 464 Å². The van der Waals surface area contributed by atoms with Crippen molar-refractivity contribution >= 4 is 117 Å². The molecule has 6 aromatic carbocycles. The highest BCUT2D eigenvalue weighted by Crippen LogP contribution is 2.29. The minimum Gasteiger partial charge on any atom is -0.508 e. The molecule has 1 aliphatic heterocycles. The van der Waals surface area contributed by atoms with E-state index < -0.39 is 230 Å². The molecule has 1 saturated heterocycles. The van der Waals surface area contributed by atoms with Crippen LogP contribution in [0.15, 0.2) is 164 Å². The number of carboxylic acids is 1. The van der Waals surface area contributed by atoms with Crippen molar-refractivity contribution in [1.82, 2.24) is 61.4 Å². The number of fused-ring (bicyclic) bond motifs is 1. The van der Waals surface area contributed by atoms with Crippen molar-refractivity contribution < 1.29 is 96.4 Å². The van der Waals surface area contributed by atoms with E-state index in [4.69, 9.17) is 5.73 Å². The molecule has 8 rings (SSSR count). The Labute approximate surface area is 759 Å². The number of aromatic nitrogens is 1. The Morgan fingerprint density at radius 3 is 1.59 bits per heavy atom. The van der Waals surface area contributed by atoms with Gasteiger partial charge in [-0.15, -0.1) is 11.8 Å². The van der Waals surface area contributed by atoms with Gasteiger partial charge in [0.15, 0.2) is 11.6 Å². The van der Waals surface area contributed by atoms with Crippen LogP contribution in [0.4, 0.5) is 4.39 Å². The first-order chi connectivity index (χ1) is 61.8. The monoisotopic (exact) mass is 1810 g/mol. The number of primary amides is 1. The molecular weight excluding hydrogens is 1690 g/mol. The highest BCUT2D eigenvalue weighted by atomic mass is 32.2. The molecule has 0 radical (unpaired) electrons. The van der Waals surface area contributed by atoms with Crippen molar-refractivity contribution in [3.63, 3.8) is 0 Å². The molecule has 696 valence electrons. The second kappa shape index (κ2) is 49.4. The molecule has 130 heavy (non-hydrogen) atoms. The van der Waals surface area contributed by atoms with Gasteiger partial charge in [0.1, 0.15) is 71.4 Å². The van der Waals surface area contributed by atoms with Gasteiger partial charge in [-0.2, -0.15) is 0 Å². The largest absolute Gasteiger partial charge is 0.508 e. The number of nitrogens with two attached hydrogens (primary N) is 1. The number of carbonyl (C=O) groups excluding carboxylic acids is 15. The zero-order valence-electron chi connectivity index (χ0n) is 75.0. The second-order valence-corrected chi connectivity index (χ2v) is 35.1. The lowest BCUT2D eigenvalue weighted by Crippen LogP contribution is -2.59. The van der Waals surface area contributed by atoms with E-state index in [-0.39, 0.29) is 73.7 Å². The summed E-state index contributed by atoms with van der Waals surface area (Å²) in [6.07, 6.45) is -2.29. The average molecular weight is 1810 g/mol. The third kappa shape index (κ3) is 30.8. The molecule has 12 amide bonds. The Kier molecular flexibility index (Phi) is 38.9. The van der Waals surface area contributed by atoms with Gasteiger partial charge in [-0.05, 0) is 101 Å². The predicted octanol–water partition coefficient (Wildman–Crippen LogP) is 5.88. The predicted molar refractivity (Wildman–Crippen MR) is 486 cm³/mol. The quantitative estimate of drug-likeness (QED) is 0.0336. The van der Waals surface area contributed by atoms with Crippen molar-refractivity contribution in [2.24, 2.45) is 29.4 Å². The highest BCUT2D eigenvalue weighted by molar-refractivity contribution is 8.00. The van der Waals surface area contributed by atoms with Gasteiger partial charge in [-0.3, -0.25) is 76.7 Å². The van der Waals surface area contributed by atoms with Gasteiger partial charge >= 0.3 is 5.97 Å². The van der Waals surface area contributed by atoms with Crippen molar-refractivity contribution in [3.05, 3.63) is 203 Å². The molecule has 0 bridgehead atoms. The number of thioether (sulfide) groups is 1. The molecule has 0 aliphatic carbocycles. The molecule has 12 N–H and O–H groups in total. The molecule has 0 spiro atoms. The van der Waals surface area contributed by atoms with Gasteiger partial charge in [0, 0.05) is 134 Å². The number of aromatic amines is 1. The third-order valence-electron chi connectivity index (χ3n) is 23.0. The van der Waals surface area contributed by atoms with Crippen LogP contribution in [0.3, 0.4) is 0 Å². The molecule has 1 aliphatic rings. The Bertz CT molecular complexity index is 5140. The smallest absolute Gasteiger partial charge is 0.304 e. The maximum Gasteiger partial charge on any atom is 0.304 e. The number of nitrogens with zero attached hydrogens (tertiary/aromatic N) is 5. The van der Waals surface area contributed by atoms with Crippen LogP contribution in [0.1, 0.15) is 126 Å². The number of ketones is 3. The van der Waals surface area contributed by atoms with Crippen molar-refractivity contribution in [1.29, 1.82) is 0 Å². The minimum absolute atomic E-state index is 0.0472. The number of carbonyl (C=O) groups is 16. The van der Waals surface area contributed by atoms with Crippen LogP contribution in [0.5, 0.6) is 11.5 Å². The lowest BCUT2D eigenvalue weighted by atomic mass is 9.83. The summed E-state index contributed by atoms with van der Waals surface area (Å²) in [7, 11) is 6.55. The van der Waals surface area contributed by atoms with E-state index in [0.29, 0.717) is 51.6 Å². The number of phenolic OH excluding ortho intramolecular Hbond substituents is 2. The molecule has 34 heteroatoms.